The summed E-state index contributed by atoms with van der Waals surface area (Å²) in [6.45, 7) is 12.1. The second-order valence-corrected chi connectivity index (χ2v) is 19.5. The van der Waals surface area contributed by atoms with Crippen molar-refractivity contribution in [2.24, 2.45) is 23.7 Å². The normalized spacial score (nSPS) is 25.0. The van der Waals surface area contributed by atoms with E-state index in [-0.39, 0.29) is 59.9 Å². The number of hydrogen-bond acceptors (Lipinski definition) is 9. The number of imidazole rings is 2. The standard InChI is InChI=1S/C53H62N8O7/c1-8-9-10-32-21-44(60(28-32)50(62)46(29(2)3)58-52(64)66-6)48-54-27-42(57-48)38-18-17-36-22-35(15-16-37(36)23-38)33-11-13-34(14-12-33)41-26-55-49(56-41)45-25-39-24-43(39)61(45)51(63)47(59-53(65)67-7)40-19-30(4)68-31(5)20-40/h9,11-18,22-23,26-27,29-32,39-40,43-47H,1,10,19-21,24-25,28H2,2-7H3,(H,54,57)(H,55,56)(H,58,64)(H,59,65)/t30-,31+,32-,39-,40+,43-,44+,45?,46+,47+/m1/s1. The molecule has 356 valence electrons. The number of ether oxygens (including phenoxy) is 3. The van der Waals surface area contributed by atoms with Gasteiger partial charge in [-0.05, 0) is 122 Å². The van der Waals surface area contributed by atoms with E-state index in [1.165, 1.54) is 14.2 Å². The molecule has 0 radical (unpaired) electrons. The van der Waals surface area contributed by atoms with E-state index in [2.05, 4.69) is 93.6 Å². The molecule has 0 bridgehead atoms. The Morgan fingerprint density at radius 2 is 1.37 bits per heavy atom. The summed E-state index contributed by atoms with van der Waals surface area (Å²) >= 11 is 0. The minimum atomic E-state index is -0.741. The Morgan fingerprint density at radius 3 is 2.01 bits per heavy atom. The molecule has 15 heteroatoms. The topological polar surface area (TPSA) is 184 Å². The van der Waals surface area contributed by atoms with Crippen LogP contribution in [0.5, 0.6) is 0 Å². The Kier molecular flexibility index (Phi) is 13.3. The fourth-order valence-electron chi connectivity index (χ4n) is 10.9. The molecule has 15 nitrogen and oxygen atoms in total. The summed E-state index contributed by atoms with van der Waals surface area (Å²) in [4.78, 5) is 73.7. The highest BCUT2D eigenvalue weighted by atomic mass is 16.5. The zero-order valence-electron chi connectivity index (χ0n) is 39.7. The van der Waals surface area contributed by atoms with Crippen molar-refractivity contribution < 1.29 is 33.4 Å². The number of piperidine rings is 1. The number of carbonyl (C=O) groups is 4. The molecule has 3 aromatic carbocycles. The van der Waals surface area contributed by atoms with E-state index in [4.69, 9.17) is 24.2 Å². The number of aromatic nitrogens is 4. The molecule has 4 N–H and O–H groups in total. The number of H-pyrrole nitrogens is 2. The van der Waals surface area contributed by atoms with Crippen LogP contribution in [-0.4, -0.2) is 105 Å². The molecule has 1 saturated carbocycles. The summed E-state index contributed by atoms with van der Waals surface area (Å²) < 4.78 is 15.8. The maximum Gasteiger partial charge on any atom is 0.407 e. The van der Waals surface area contributed by atoms with Gasteiger partial charge in [-0.15, -0.1) is 5.73 Å². The summed E-state index contributed by atoms with van der Waals surface area (Å²) in [6.07, 6.45) is 8.88. The lowest BCUT2D eigenvalue weighted by molar-refractivity contribution is -0.140. The molecule has 4 aliphatic rings. The minimum absolute atomic E-state index is 0.0143. The highest BCUT2D eigenvalue weighted by Crippen LogP contribution is 2.54. The predicted octanol–water partition coefficient (Wildman–Crippen LogP) is 8.88. The number of benzene rings is 3. The van der Waals surface area contributed by atoms with Crippen LogP contribution in [0, 0.1) is 23.7 Å². The van der Waals surface area contributed by atoms with Crippen molar-refractivity contribution in [3.8, 4) is 33.6 Å². The molecular weight excluding hydrogens is 861 g/mol. The monoisotopic (exact) mass is 922 g/mol. The third kappa shape index (κ3) is 9.55. The molecule has 3 aliphatic heterocycles. The lowest BCUT2D eigenvalue weighted by atomic mass is 9.85. The molecule has 68 heavy (non-hydrogen) atoms. The van der Waals surface area contributed by atoms with Gasteiger partial charge in [-0.3, -0.25) is 9.59 Å². The van der Waals surface area contributed by atoms with Crippen molar-refractivity contribution in [1.29, 1.82) is 0 Å². The quantitative estimate of drug-likeness (QED) is 0.0838. The number of nitrogens with one attached hydrogen (secondary N) is 4. The number of rotatable bonds is 13. The van der Waals surface area contributed by atoms with Crippen LogP contribution in [0.25, 0.3) is 44.4 Å². The van der Waals surface area contributed by atoms with Gasteiger partial charge in [0.25, 0.3) is 0 Å². The zero-order chi connectivity index (χ0) is 47.8. The van der Waals surface area contributed by atoms with Crippen LogP contribution in [0.3, 0.4) is 0 Å². The second-order valence-electron chi connectivity index (χ2n) is 19.5. The molecular formula is C53H62N8O7. The van der Waals surface area contributed by atoms with Crippen molar-refractivity contribution >= 4 is 34.8 Å². The average Bonchev–Trinajstić information content (AvgIpc) is 3.85. The highest BCUT2D eigenvalue weighted by Gasteiger charge is 2.57. The molecule has 5 heterocycles. The van der Waals surface area contributed by atoms with Crippen LogP contribution in [0.2, 0.25) is 0 Å². The van der Waals surface area contributed by atoms with Crippen molar-refractivity contribution in [3.05, 3.63) is 103 Å². The van der Waals surface area contributed by atoms with Crippen molar-refractivity contribution in [2.45, 2.75) is 109 Å². The molecule has 3 saturated heterocycles. The highest BCUT2D eigenvalue weighted by molar-refractivity contribution is 5.91. The first-order valence-electron chi connectivity index (χ1n) is 23.9. The van der Waals surface area contributed by atoms with Gasteiger partial charge in [0.2, 0.25) is 11.8 Å². The third-order valence-electron chi connectivity index (χ3n) is 14.4. The van der Waals surface area contributed by atoms with E-state index >= 15 is 0 Å². The average molecular weight is 923 g/mol. The number of allylic oxidation sites excluding steroid dienone is 1. The SMILES string of the molecule is C=C=CC[C@@H]1C[C@@H](c2ncc(-c3ccc4cc(-c5ccc(-c6cnc(C7C[C@H]8C[C@H]8N7C(=O)[C@@H](NC(=O)OC)[C@H]7C[C@@H](C)O[C@@H](C)C7)[nH]6)cc5)ccc4c3)[nH]2)N(C(=O)[C@@H](NC(=O)OC)C(C)C)C1. The van der Waals surface area contributed by atoms with Gasteiger partial charge in [-0.1, -0.05) is 69.0 Å². The van der Waals surface area contributed by atoms with E-state index in [1.807, 2.05) is 56.0 Å². The number of hydrogen-bond donors (Lipinski definition) is 4. The van der Waals surface area contributed by atoms with E-state index < -0.39 is 24.3 Å². The number of carbonyl (C=O) groups excluding carboxylic acids is 4. The van der Waals surface area contributed by atoms with Crippen LogP contribution in [0.15, 0.2) is 91.4 Å². The van der Waals surface area contributed by atoms with Crippen molar-refractivity contribution in [1.82, 2.24) is 40.4 Å². The fourth-order valence-corrected chi connectivity index (χ4v) is 10.9. The first-order valence-corrected chi connectivity index (χ1v) is 23.9. The zero-order valence-corrected chi connectivity index (χ0v) is 39.7. The lowest BCUT2D eigenvalue weighted by Gasteiger charge is -2.38. The summed E-state index contributed by atoms with van der Waals surface area (Å²) in [6, 6.07) is 19.4. The summed E-state index contributed by atoms with van der Waals surface area (Å²) in [5.41, 5.74) is 8.70. The number of methoxy groups -OCH3 is 2. The fraction of sp³-hybridized carbons (Fsp3) is 0.453. The van der Waals surface area contributed by atoms with Gasteiger partial charge in [0, 0.05) is 18.2 Å². The minimum Gasteiger partial charge on any atom is -0.453 e. The van der Waals surface area contributed by atoms with Crippen LogP contribution >= 0.6 is 0 Å². The summed E-state index contributed by atoms with van der Waals surface area (Å²) in [5.74, 6) is 1.59. The maximum atomic E-state index is 14.5. The number of likely N-dealkylation sites (tertiary alicyclic amines) is 2. The van der Waals surface area contributed by atoms with Gasteiger partial charge in [0.05, 0.1) is 62.3 Å². The largest absolute Gasteiger partial charge is 0.453 e. The number of fused-ring (bicyclic) bond motifs is 2. The molecule has 0 spiro atoms. The molecule has 1 aliphatic carbocycles. The molecule has 5 aromatic rings. The van der Waals surface area contributed by atoms with Crippen molar-refractivity contribution in [2.75, 3.05) is 20.8 Å². The first-order chi connectivity index (χ1) is 32.8. The van der Waals surface area contributed by atoms with Crippen LogP contribution in [0.4, 0.5) is 9.59 Å². The number of nitrogens with zero attached hydrogens (tertiary/aromatic N) is 4. The smallest absolute Gasteiger partial charge is 0.407 e. The Hall–Kier alpha value is -6.70. The van der Waals surface area contributed by atoms with E-state index in [1.54, 1.807) is 0 Å². The van der Waals surface area contributed by atoms with Crippen LogP contribution in [-0.2, 0) is 23.8 Å². The Bertz CT molecular complexity index is 2710. The molecule has 10 atom stereocenters. The maximum absolute atomic E-state index is 14.5. The van der Waals surface area contributed by atoms with Gasteiger partial charge in [-0.25, -0.2) is 19.6 Å². The van der Waals surface area contributed by atoms with Crippen molar-refractivity contribution in [3.63, 3.8) is 0 Å². The first kappa shape index (κ1) is 46.4. The number of amides is 4. The van der Waals surface area contributed by atoms with Crippen LogP contribution in [0.1, 0.15) is 90.0 Å². The van der Waals surface area contributed by atoms with Gasteiger partial charge in [0.15, 0.2) is 0 Å². The molecule has 2 aromatic heterocycles. The molecule has 9 rings (SSSR count). The van der Waals surface area contributed by atoms with Gasteiger partial charge in [-0.2, -0.15) is 0 Å². The molecule has 1 unspecified atom stereocenters. The number of aromatic amines is 2. The summed E-state index contributed by atoms with van der Waals surface area (Å²) in [5, 5.41) is 7.80. The second kappa shape index (κ2) is 19.5. The van der Waals surface area contributed by atoms with E-state index in [0.29, 0.717) is 37.5 Å². The van der Waals surface area contributed by atoms with Gasteiger partial charge in [0.1, 0.15) is 23.7 Å². The van der Waals surface area contributed by atoms with E-state index in [9.17, 15) is 19.2 Å². The predicted molar refractivity (Wildman–Crippen MR) is 258 cm³/mol. The Morgan fingerprint density at radius 1 is 0.779 bits per heavy atom. The molecule has 4 fully saturated rings. The Balaban J connectivity index is 0.887. The van der Waals surface area contributed by atoms with Gasteiger partial charge < -0.3 is 44.6 Å². The van der Waals surface area contributed by atoms with E-state index in [0.717, 1.165) is 69.5 Å². The number of alkyl carbamates (subject to hydrolysis) is 2. The lowest BCUT2D eigenvalue weighted by Crippen LogP contribution is -2.55. The third-order valence-corrected chi connectivity index (χ3v) is 14.4. The summed E-state index contributed by atoms with van der Waals surface area (Å²) in [7, 11) is 2.62. The van der Waals surface area contributed by atoms with Crippen LogP contribution < -0.4 is 10.6 Å². The van der Waals surface area contributed by atoms with Gasteiger partial charge >= 0.3 is 12.2 Å². The Labute approximate surface area is 397 Å². The molecule has 4 amide bonds.